The summed E-state index contributed by atoms with van der Waals surface area (Å²) in [5, 5.41) is 4.28. The van der Waals surface area contributed by atoms with Crippen molar-refractivity contribution in [3.63, 3.8) is 0 Å². The van der Waals surface area contributed by atoms with E-state index in [0.29, 0.717) is 16.5 Å². The van der Waals surface area contributed by atoms with E-state index in [9.17, 15) is 4.39 Å². The van der Waals surface area contributed by atoms with E-state index in [4.69, 9.17) is 11.6 Å². The number of aromatic nitrogens is 1. The van der Waals surface area contributed by atoms with E-state index in [-0.39, 0.29) is 5.82 Å². The van der Waals surface area contributed by atoms with E-state index in [2.05, 4.69) is 17.2 Å². The third-order valence-corrected chi connectivity index (χ3v) is 6.18. The van der Waals surface area contributed by atoms with Gasteiger partial charge in [0.1, 0.15) is 5.82 Å². The zero-order chi connectivity index (χ0) is 16.3. The number of pyridine rings is 1. The second-order valence-electron chi connectivity index (χ2n) is 7.72. The highest BCUT2D eigenvalue weighted by molar-refractivity contribution is 6.31. The molecule has 1 aromatic heterocycles. The predicted octanol–water partition coefficient (Wildman–Crippen LogP) is 5.46. The minimum absolute atomic E-state index is 0.348. The van der Waals surface area contributed by atoms with Gasteiger partial charge in [0.15, 0.2) is 0 Å². The van der Waals surface area contributed by atoms with Gasteiger partial charge in [-0.1, -0.05) is 24.4 Å². The molecule has 0 amide bonds. The SMILES string of the molecule is CC1(NCCC2CCC(c3ncc(F)cc3Cl)CC2)CCCC1. The van der Waals surface area contributed by atoms with Gasteiger partial charge < -0.3 is 5.32 Å². The molecular formula is C19H28ClFN2. The van der Waals surface area contributed by atoms with Crippen LogP contribution in [-0.2, 0) is 0 Å². The zero-order valence-electron chi connectivity index (χ0n) is 14.1. The Bertz CT molecular complexity index is 520. The molecule has 0 unspecified atom stereocenters. The molecule has 128 valence electrons. The smallest absolute Gasteiger partial charge is 0.142 e. The average Bonchev–Trinajstić information content (AvgIpc) is 2.95. The van der Waals surface area contributed by atoms with E-state index < -0.39 is 0 Å². The molecule has 1 heterocycles. The highest BCUT2D eigenvalue weighted by atomic mass is 35.5. The topological polar surface area (TPSA) is 24.9 Å². The second kappa shape index (κ2) is 7.48. The van der Waals surface area contributed by atoms with Crippen molar-refractivity contribution in [1.29, 1.82) is 0 Å². The normalized spacial score (nSPS) is 27.3. The van der Waals surface area contributed by atoms with Crippen molar-refractivity contribution in [1.82, 2.24) is 10.3 Å². The molecule has 0 spiro atoms. The van der Waals surface area contributed by atoms with Crippen LogP contribution in [0, 0.1) is 11.7 Å². The van der Waals surface area contributed by atoms with Crippen molar-refractivity contribution in [2.45, 2.75) is 76.2 Å². The standard InChI is InChI=1S/C19H28ClFN2/c1-19(9-2-3-10-19)23-11-8-14-4-6-15(7-5-14)18-17(20)12-16(21)13-22-18/h12-15,23H,2-11H2,1H3. The molecule has 1 aromatic rings. The summed E-state index contributed by atoms with van der Waals surface area (Å²) in [6.07, 6.45) is 12.7. The van der Waals surface area contributed by atoms with Gasteiger partial charge in [-0.2, -0.15) is 0 Å². The Kier molecular flexibility index (Phi) is 5.58. The minimum Gasteiger partial charge on any atom is -0.312 e. The van der Waals surface area contributed by atoms with E-state index >= 15 is 0 Å². The molecule has 2 fully saturated rings. The van der Waals surface area contributed by atoms with E-state index in [1.807, 2.05) is 0 Å². The van der Waals surface area contributed by atoms with Gasteiger partial charge in [0.2, 0.25) is 0 Å². The maximum absolute atomic E-state index is 13.1. The van der Waals surface area contributed by atoms with Crippen LogP contribution in [-0.4, -0.2) is 17.1 Å². The monoisotopic (exact) mass is 338 g/mol. The second-order valence-corrected chi connectivity index (χ2v) is 8.13. The Balaban J connectivity index is 1.43. The molecule has 2 aliphatic carbocycles. The first kappa shape index (κ1) is 17.2. The lowest BCUT2D eigenvalue weighted by atomic mass is 9.79. The Morgan fingerprint density at radius 1 is 1.26 bits per heavy atom. The summed E-state index contributed by atoms with van der Waals surface area (Å²) < 4.78 is 13.1. The highest BCUT2D eigenvalue weighted by Crippen LogP contribution is 2.38. The summed E-state index contributed by atoms with van der Waals surface area (Å²) in [6, 6.07) is 1.39. The molecule has 23 heavy (non-hydrogen) atoms. The van der Waals surface area contributed by atoms with Crippen molar-refractivity contribution in [2.24, 2.45) is 5.92 Å². The summed E-state index contributed by atoms with van der Waals surface area (Å²) in [5.74, 6) is 0.863. The van der Waals surface area contributed by atoms with E-state index in [1.54, 1.807) is 0 Å². The maximum atomic E-state index is 13.1. The van der Waals surface area contributed by atoms with Crippen molar-refractivity contribution >= 4 is 11.6 Å². The molecule has 0 atom stereocenters. The third-order valence-electron chi connectivity index (χ3n) is 5.88. The van der Waals surface area contributed by atoms with Crippen LogP contribution in [0.1, 0.15) is 76.3 Å². The summed E-state index contributed by atoms with van der Waals surface area (Å²) in [4.78, 5) is 4.23. The Labute approximate surface area is 144 Å². The van der Waals surface area contributed by atoms with Crippen LogP contribution in [0.5, 0.6) is 0 Å². The number of hydrogen-bond acceptors (Lipinski definition) is 2. The van der Waals surface area contributed by atoms with Gasteiger partial charge in [0, 0.05) is 11.5 Å². The lowest BCUT2D eigenvalue weighted by Gasteiger charge is -2.30. The lowest BCUT2D eigenvalue weighted by Crippen LogP contribution is -2.40. The van der Waals surface area contributed by atoms with Crippen molar-refractivity contribution < 1.29 is 4.39 Å². The molecular weight excluding hydrogens is 311 g/mol. The van der Waals surface area contributed by atoms with Crippen molar-refractivity contribution in [2.75, 3.05) is 6.54 Å². The van der Waals surface area contributed by atoms with Crippen molar-refractivity contribution in [3.05, 3.63) is 28.8 Å². The fraction of sp³-hybridized carbons (Fsp3) is 0.737. The fourth-order valence-electron chi connectivity index (χ4n) is 4.36. The molecule has 2 aliphatic rings. The first-order valence-corrected chi connectivity index (χ1v) is 9.49. The zero-order valence-corrected chi connectivity index (χ0v) is 14.8. The number of rotatable bonds is 5. The molecule has 0 aromatic carbocycles. The Morgan fingerprint density at radius 2 is 1.96 bits per heavy atom. The van der Waals surface area contributed by atoms with Crippen LogP contribution in [0.4, 0.5) is 4.39 Å². The van der Waals surface area contributed by atoms with Crippen LogP contribution in [0.3, 0.4) is 0 Å². The third kappa shape index (κ3) is 4.45. The fourth-order valence-corrected chi connectivity index (χ4v) is 4.67. The minimum atomic E-state index is -0.348. The maximum Gasteiger partial charge on any atom is 0.142 e. The highest BCUT2D eigenvalue weighted by Gasteiger charge is 2.29. The van der Waals surface area contributed by atoms with Crippen LogP contribution in [0.25, 0.3) is 0 Å². The molecule has 0 aliphatic heterocycles. The number of nitrogens with one attached hydrogen (secondary N) is 1. The molecule has 0 saturated heterocycles. The van der Waals surface area contributed by atoms with Crippen LogP contribution >= 0.6 is 11.6 Å². The van der Waals surface area contributed by atoms with Gasteiger partial charge in [-0.05, 0) is 70.4 Å². The van der Waals surface area contributed by atoms with Gasteiger partial charge in [-0.15, -0.1) is 0 Å². The lowest BCUT2D eigenvalue weighted by molar-refractivity contribution is 0.283. The molecule has 4 heteroatoms. The van der Waals surface area contributed by atoms with Gasteiger partial charge in [-0.3, -0.25) is 4.98 Å². The number of hydrogen-bond donors (Lipinski definition) is 1. The molecule has 0 bridgehead atoms. The first-order chi connectivity index (χ1) is 11.1. The van der Waals surface area contributed by atoms with E-state index in [0.717, 1.165) is 31.0 Å². The summed E-state index contributed by atoms with van der Waals surface area (Å²) in [7, 11) is 0. The number of nitrogens with zero attached hydrogens (tertiary/aromatic N) is 1. The largest absolute Gasteiger partial charge is 0.312 e. The van der Waals surface area contributed by atoms with Crippen LogP contribution in [0.2, 0.25) is 5.02 Å². The predicted molar refractivity (Wildman–Crippen MR) is 93.4 cm³/mol. The molecule has 2 saturated carbocycles. The Morgan fingerprint density at radius 3 is 2.61 bits per heavy atom. The van der Waals surface area contributed by atoms with Gasteiger partial charge in [-0.25, -0.2) is 4.39 Å². The summed E-state index contributed by atoms with van der Waals surface area (Å²) >= 11 is 6.16. The van der Waals surface area contributed by atoms with Gasteiger partial charge >= 0.3 is 0 Å². The Hall–Kier alpha value is -0.670. The number of halogens is 2. The van der Waals surface area contributed by atoms with Crippen LogP contribution < -0.4 is 5.32 Å². The average molecular weight is 339 g/mol. The van der Waals surface area contributed by atoms with Crippen molar-refractivity contribution in [3.8, 4) is 0 Å². The quantitative estimate of drug-likeness (QED) is 0.771. The van der Waals surface area contributed by atoms with Gasteiger partial charge in [0.05, 0.1) is 16.9 Å². The van der Waals surface area contributed by atoms with Gasteiger partial charge in [0.25, 0.3) is 0 Å². The van der Waals surface area contributed by atoms with Crippen LogP contribution in [0.15, 0.2) is 12.3 Å². The first-order valence-electron chi connectivity index (χ1n) is 9.12. The molecule has 3 rings (SSSR count). The summed E-state index contributed by atoms with van der Waals surface area (Å²) in [6.45, 7) is 3.51. The summed E-state index contributed by atoms with van der Waals surface area (Å²) in [5.41, 5.74) is 1.28. The molecule has 2 nitrogen and oxygen atoms in total. The van der Waals surface area contributed by atoms with E-state index in [1.165, 1.54) is 57.2 Å². The molecule has 0 radical (unpaired) electrons. The molecule has 1 N–H and O–H groups in total.